The monoisotopic (exact) mass is 327 g/mol. The molecule has 0 radical (unpaired) electrons. The van der Waals surface area contributed by atoms with Crippen molar-refractivity contribution in [2.75, 3.05) is 18.5 Å². The smallest absolute Gasteiger partial charge is 0.263 e. The summed E-state index contributed by atoms with van der Waals surface area (Å²) in [5, 5.41) is 7.57. The molecule has 0 amide bonds. The first-order valence-electron chi connectivity index (χ1n) is 7.93. The van der Waals surface area contributed by atoms with Gasteiger partial charge in [-0.2, -0.15) is 10.1 Å². The van der Waals surface area contributed by atoms with Crippen LogP contribution in [0.3, 0.4) is 0 Å². The summed E-state index contributed by atoms with van der Waals surface area (Å²) in [6.45, 7) is 5.31. The average molecular weight is 327 g/mol. The lowest BCUT2D eigenvalue weighted by Crippen LogP contribution is -2.17. The molecule has 7 nitrogen and oxygen atoms in total. The molecule has 126 valence electrons. The molecular weight excluding hydrogens is 306 g/mol. The minimum atomic E-state index is -0.208. The zero-order valence-electron chi connectivity index (χ0n) is 14.0. The maximum atomic E-state index is 11.9. The molecule has 0 aliphatic heterocycles. The number of nitrogens with zero attached hydrogens (tertiary/aromatic N) is 3. The number of hydrogen-bond donors (Lipinski definition) is 2. The van der Waals surface area contributed by atoms with E-state index in [-0.39, 0.29) is 5.56 Å². The first-order chi connectivity index (χ1) is 11.5. The minimum Gasteiger partial charge on any atom is -0.492 e. The van der Waals surface area contributed by atoms with Crippen LogP contribution in [0.5, 0.6) is 5.75 Å². The van der Waals surface area contributed by atoms with Crippen molar-refractivity contribution in [3.05, 3.63) is 46.4 Å². The molecule has 0 aliphatic rings. The molecule has 2 heterocycles. The van der Waals surface area contributed by atoms with Gasteiger partial charge < -0.3 is 10.1 Å². The fourth-order valence-corrected chi connectivity index (χ4v) is 2.40. The van der Waals surface area contributed by atoms with Gasteiger partial charge in [-0.15, -0.1) is 0 Å². The minimum absolute atomic E-state index is 0.208. The highest BCUT2D eigenvalue weighted by Crippen LogP contribution is 2.18. The molecule has 0 atom stereocenters. The van der Waals surface area contributed by atoms with Crippen molar-refractivity contribution in [2.45, 2.75) is 19.8 Å². The second-order valence-corrected chi connectivity index (χ2v) is 5.92. The van der Waals surface area contributed by atoms with Crippen molar-refractivity contribution in [2.24, 2.45) is 7.05 Å². The lowest BCUT2D eigenvalue weighted by molar-refractivity contribution is 0.332. The molecule has 0 saturated heterocycles. The van der Waals surface area contributed by atoms with E-state index in [1.165, 1.54) is 11.8 Å². The quantitative estimate of drug-likeness (QED) is 0.679. The number of fused-ring (bicyclic) bond motifs is 1. The van der Waals surface area contributed by atoms with Crippen LogP contribution in [0.4, 0.5) is 5.95 Å². The van der Waals surface area contributed by atoms with Gasteiger partial charge in [0.25, 0.3) is 5.56 Å². The summed E-state index contributed by atoms with van der Waals surface area (Å²) < 4.78 is 7.26. The van der Waals surface area contributed by atoms with Gasteiger partial charge in [0.15, 0.2) is 5.65 Å². The highest BCUT2D eigenvalue weighted by Gasteiger charge is 2.07. The maximum Gasteiger partial charge on any atom is 0.263 e. The van der Waals surface area contributed by atoms with E-state index in [0.29, 0.717) is 36.1 Å². The first-order valence-corrected chi connectivity index (χ1v) is 7.93. The topological polar surface area (TPSA) is 84.8 Å². The summed E-state index contributed by atoms with van der Waals surface area (Å²) in [5.41, 5.74) is 1.62. The van der Waals surface area contributed by atoms with Crippen LogP contribution >= 0.6 is 0 Å². The summed E-state index contributed by atoms with van der Waals surface area (Å²) in [7, 11) is 1.75. The van der Waals surface area contributed by atoms with Crippen molar-refractivity contribution in [1.82, 2.24) is 19.7 Å². The fourth-order valence-electron chi connectivity index (χ4n) is 2.40. The van der Waals surface area contributed by atoms with Crippen molar-refractivity contribution < 1.29 is 4.74 Å². The molecule has 0 spiro atoms. The largest absolute Gasteiger partial charge is 0.492 e. The van der Waals surface area contributed by atoms with Crippen LogP contribution in [0.15, 0.2) is 35.3 Å². The zero-order chi connectivity index (χ0) is 17.1. The van der Waals surface area contributed by atoms with Crippen molar-refractivity contribution in [3.8, 4) is 5.75 Å². The number of benzene rings is 1. The van der Waals surface area contributed by atoms with Crippen molar-refractivity contribution in [3.63, 3.8) is 0 Å². The van der Waals surface area contributed by atoms with E-state index in [4.69, 9.17) is 4.74 Å². The number of aryl methyl sites for hydroxylation is 1. The molecule has 0 fully saturated rings. The fraction of sp³-hybridized carbons (Fsp3) is 0.353. The summed E-state index contributed by atoms with van der Waals surface area (Å²) in [6.07, 6.45) is 1.51. The van der Waals surface area contributed by atoms with Gasteiger partial charge in [0.2, 0.25) is 5.95 Å². The normalized spacial score (nSPS) is 11.2. The van der Waals surface area contributed by atoms with Gasteiger partial charge in [0.1, 0.15) is 17.7 Å². The standard InChI is InChI=1S/C17H21N5O2/c1-11(2)12-4-6-13(7-5-12)24-9-8-18-17-20-15-14(16(23)21-17)10-19-22(15)3/h4-7,10-11H,8-9H2,1-3H3,(H2,18,20,21,23). The van der Waals surface area contributed by atoms with Crippen LogP contribution in [-0.2, 0) is 7.05 Å². The second kappa shape index (κ2) is 6.74. The Morgan fingerprint density at radius 3 is 2.75 bits per heavy atom. The van der Waals surface area contributed by atoms with E-state index in [1.807, 2.05) is 12.1 Å². The Kier molecular flexibility index (Phi) is 4.50. The molecule has 2 N–H and O–H groups in total. The summed E-state index contributed by atoms with van der Waals surface area (Å²) in [5.74, 6) is 1.74. The van der Waals surface area contributed by atoms with E-state index in [0.717, 1.165) is 5.75 Å². The van der Waals surface area contributed by atoms with Gasteiger partial charge in [-0.05, 0) is 23.6 Å². The van der Waals surface area contributed by atoms with Gasteiger partial charge >= 0.3 is 0 Å². The zero-order valence-corrected chi connectivity index (χ0v) is 14.0. The van der Waals surface area contributed by atoms with Crippen LogP contribution in [0.25, 0.3) is 11.0 Å². The molecule has 0 saturated carbocycles. The van der Waals surface area contributed by atoms with Crippen LogP contribution in [0, 0.1) is 0 Å². The van der Waals surface area contributed by atoms with Gasteiger partial charge in [0.05, 0.1) is 12.7 Å². The van der Waals surface area contributed by atoms with E-state index in [9.17, 15) is 4.79 Å². The SMILES string of the molecule is CC(C)c1ccc(OCCNc2nc3c(cnn3C)c(=O)[nH]2)cc1. The molecule has 2 aromatic heterocycles. The van der Waals surface area contributed by atoms with E-state index >= 15 is 0 Å². The molecule has 0 aliphatic carbocycles. The Balaban J connectivity index is 1.56. The number of aromatic nitrogens is 4. The molecule has 0 bridgehead atoms. The van der Waals surface area contributed by atoms with Gasteiger partial charge in [0, 0.05) is 7.05 Å². The Bertz CT molecular complexity index is 880. The summed E-state index contributed by atoms with van der Waals surface area (Å²) >= 11 is 0. The van der Waals surface area contributed by atoms with Crippen LogP contribution in [0.1, 0.15) is 25.3 Å². The Morgan fingerprint density at radius 1 is 1.29 bits per heavy atom. The predicted octanol–water partition coefficient (Wildman–Crippen LogP) is 2.27. The number of ether oxygens (including phenoxy) is 1. The third kappa shape index (κ3) is 3.40. The number of aromatic amines is 1. The molecule has 1 aromatic carbocycles. The molecule has 0 unspecified atom stereocenters. The van der Waals surface area contributed by atoms with Crippen molar-refractivity contribution >= 4 is 17.0 Å². The average Bonchev–Trinajstić information content (AvgIpc) is 2.94. The lowest BCUT2D eigenvalue weighted by Gasteiger charge is -2.10. The number of hydrogen-bond acceptors (Lipinski definition) is 5. The number of nitrogens with one attached hydrogen (secondary N) is 2. The maximum absolute atomic E-state index is 11.9. The molecule has 24 heavy (non-hydrogen) atoms. The van der Waals surface area contributed by atoms with Crippen LogP contribution in [0.2, 0.25) is 0 Å². The lowest BCUT2D eigenvalue weighted by atomic mass is 10.0. The van der Waals surface area contributed by atoms with Gasteiger partial charge in [-0.1, -0.05) is 26.0 Å². The first kappa shape index (κ1) is 16.0. The molecular formula is C17H21N5O2. The Morgan fingerprint density at radius 2 is 2.04 bits per heavy atom. The van der Waals surface area contributed by atoms with Crippen LogP contribution < -0.4 is 15.6 Å². The summed E-state index contributed by atoms with van der Waals surface area (Å²) in [4.78, 5) is 19.0. The van der Waals surface area contributed by atoms with E-state index in [1.54, 1.807) is 11.7 Å². The second-order valence-electron chi connectivity index (χ2n) is 5.92. The molecule has 3 rings (SSSR count). The number of rotatable bonds is 6. The van der Waals surface area contributed by atoms with Crippen molar-refractivity contribution in [1.29, 1.82) is 0 Å². The third-order valence-corrected chi connectivity index (χ3v) is 3.81. The number of H-pyrrole nitrogens is 1. The van der Waals surface area contributed by atoms with E-state index < -0.39 is 0 Å². The Labute approximate surface area is 139 Å². The molecule has 3 aromatic rings. The molecule has 7 heteroatoms. The van der Waals surface area contributed by atoms with Gasteiger partial charge in [-0.3, -0.25) is 14.5 Å². The van der Waals surface area contributed by atoms with E-state index in [2.05, 4.69) is 46.4 Å². The summed E-state index contributed by atoms with van der Waals surface area (Å²) in [6, 6.07) is 8.08. The highest BCUT2D eigenvalue weighted by molar-refractivity contribution is 5.74. The highest BCUT2D eigenvalue weighted by atomic mass is 16.5. The predicted molar refractivity (Wildman–Crippen MR) is 93.6 cm³/mol. The van der Waals surface area contributed by atoms with Crippen LogP contribution in [-0.4, -0.2) is 32.9 Å². The number of anilines is 1. The van der Waals surface area contributed by atoms with Gasteiger partial charge in [-0.25, -0.2) is 0 Å². The Hall–Kier alpha value is -2.83. The third-order valence-electron chi connectivity index (χ3n) is 3.81.